The second-order valence-electron chi connectivity index (χ2n) is 4.75. The molecular weight excluding hydrogens is 242 g/mol. The van der Waals surface area contributed by atoms with E-state index in [1.165, 1.54) is 6.42 Å². The number of hydrogen-bond acceptors (Lipinski definition) is 4. The standard InChI is InChI=1S/C12H23N3O2.C2H6/c13-10(12(16)17)7-3-1-5-9-6-2-4-8-11(14)15-9;1-2/h9-10H,1-8,13H2,(H2,14,15)(H,16,17);1-2H3/t9-,10+;/m1./s1. The summed E-state index contributed by atoms with van der Waals surface area (Å²) in [5.74, 6) is -0.142. The molecule has 1 aliphatic rings. The van der Waals surface area contributed by atoms with E-state index in [-0.39, 0.29) is 0 Å². The van der Waals surface area contributed by atoms with Crippen LogP contribution in [0.1, 0.15) is 65.2 Å². The third-order valence-corrected chi connectivity index (χ3v) is 3.19. The Morgan fingerprint density at radius 3 is 2.74 bits per heavy atom. The van der Waals surface area contributed by atoms with Gasteiger partial charge in [-0.05, 0) is 25.7 Å². The normalized spacial score (nSPS) is 20.6. The third kappa shape index (κ3) is 8.59. The predicted octanol–water partition coefficient (Wildman–Crippen LogP) is 2.28. The molecule has 1 heterocycles. The molecule has 5 heteroatoms. The van der Waals surface area contributed by atoms with Gasteiger partial charge in [-0.1, -0.05) is 33.1 Å². The van der Waals surface area contributed by atoms with Gasteiger partial charge in [0.05, 0.1) is 11.9 Å². The van der Waals surface area contributed by atoms with E-state index in [2.05, 4.69) is 4.99 Å². The molecule has 112 valence electrons. The van der Waals surface area contributed by atoms with Crippen molar-refractivity contribution in [2.45, 2.75) is 77.3 Å². The lowest BCUT2D eigenvalue weighted by Gasteiger charge is -2.11. The smallest absolute Gasteiger partial charge is 0.320 e. The van der Waals surface area contributed by atoms with Crippen LogP contribution in [0.25, 0.3) is 0 Å². The highest BCUT2D eigenvalue weighted by Crippen LogP contribution is 2.17. The van der Waals surface area contributed by atoms with Crippen LogP contribution in [-0.4, -0.2) is 29.0 Å². The summed E-state index contributed by atoms with van der Waals surface area (Å²) in [6, 6.07) is -0.392. The largest absolute Gasteiger partial charge is 0.480 e. The number of amidine groups is 1. The summed E-state index contributed by atoms with van der Waals surface area (Å²) in [5, 5.41) is 8.64. The van der Waals surface area contributed by atoms with Crippen molar-refractivity contribution < 1.29 is 9.90 Å². The van der Waals surface area contributed by atoms with E-state index >= 15 is 0 Å². The molecule has 0 saturated carbocycles. The van der Waals surface area contributed by atoms with Crippen LogP contribution in [0.15, 0.2) is 4.99 Å². The molecule has 0 spiro atoms. The molecule has 5 nitrogen and oxygen atoms in total. The van der Waals surface area contributed by atoms with Crippen molar-refractivity contribution in [3.8, 4) is 0 Å². The van der Waals surface area contributed by atoms with Gasteiger partial charge >= 0.3 is 5.97 Å². The molecule has 1 rings (SSSR count). The monoisotopic (exact) mass is 271 g/mol. The van der Waals surface area contributed by atoms with Gasteiger partial charge in [0, 0.05) is 6.42 Å². The van der Waals surface area contributed by atoms with E-state index < -0.39 is 12.0 Å². The fraction of sp³-hybridized carbons (Fsp3) is 0.857. The third-order valence-electron chi connectivity index (χ3n) is 3.19. The Labute approximate surface area is 116 Å². The molecule has 0 radical (unpaired) electrons. The number of nitrogens with zero attached hydrogens (tertiary/aromatic N) is 1. The first-order valence-corrected chi connectivity index (χ1v) is 7.40. The second kappa shape index (κ2) is 10.8. The molecule has 19 heavy (non-hydrogen) atoms. The Bertz CT molecular complexity index is 280. The average molecular weight is 271 g/mol. The molecule has 0 unspecified atom stereocenters. The molecule has 0 fully saturated rings. The van der Waals surface area contributed by atoms with Gasteiger partial charge in [0.1, 0.15) is 6.04 Å². The van der Waals surface area contributed by atoms with Crippen molar-refractivity contribution in [1.82, 2.24) is 0 Å². The SMILES string of the molecule is CC.NC1=N[C@H](CCCC[C@H](N)C(=O)O)CCCC1. The minimum atomic E-state index is -0.915. The van der Waals surface area contributed by atoms with Gasteiger partial charge in [-0.15, -0.1) is 0 Å². The summed E-state index contributed by atoms with van der Waals surface area (Å²) >= 11 is 0. The zero-order valence-electron chi connectivity index (χ0n) is 12.3. The van der Waals surface area contributed by atoms with E-state index in [0.29, 0.717) is 12.5 Å². The van der Waals surface area contributed by atoms with Gasteiger partial charge in [-0.2, -0.15) is 0 Å². The summed E-state index contributed by atoms with van der Waals surface area (Å²) in [7, 11) is 0. The quantitative estimate of drug-likeness (QED) is 0.645. The lowest BCUT2D eigenvalue weighted by Crippen LogP contribution is -2.29. The number of carbonyl (C=O) groups is 1. The number of hydrogen-bond donors (Lipinski definition) is 3. The molecule has 0 bridgehead atoms. The van der Waals surface area contributed by atoms with Crippen molar-refractivity contribution in [1.29, 1.82) is 0 Å². The highest BCUT2D eigenvalue weighted by Gasteiger charge is 2.13. The van der Waals surface area contributed by atoms with Crippen molar-refractivity contribution >= 4 is 11.8 Å². The molecule has 1 aliphatic heterocycles. The molecule has 2 atom stereocenters. The maximum atomic E-state index is 10.5. The highest BCUT2D eigenvalue weighted by atomic mass is 16.4. The molecule has 0 saturated heterocycles. The number of aliphatic carboxylic acids is 1. The molecule has 0 aromatic carbocycles. The van der Waals surface area contributed by atoms with E-state index in [0.717, 1.165) is 44.4 Å². The van der Waals surface area contributed by atoms with Crippen LogP contribution in [-0.2, 0) is 4.79 Å². The summed E-state index contributed by atoms with van der Waals surface area (Å²) < 4.78 is 0. The van der Waals surface area contributed by atoms with E-state index in [9.17, 15) is 4.79 Å². The van der Waals surface area contributed by atoms with Crippen LogP contribution in [0.3, 0.4) is 0 Å². The Balaban J connectivity index is 0.00000154. The van der Waals surface area contributed by atoms with Crippen molar-refractivity contribution in [3.63, 3.8) is 0 Å². The van der Waals surface area contributed by atoms with Crippen LogP contribution in [0, 0.1) is 0 Å². The first-order valence-electron chi connectivity index (χ1n) is 7.40. The van der Waals surface area contributed by atoms with E-state index in [1.54, 1.807) is 0 Å². The lowest BCUT2D eigenvalue weighted by molar-refractivity contribution is -0.138. The predicted molar refractivity (Wildman–Crippen MR) is 79.3 cm³/mol. The fourth-order valence-electron chi connectivity index (χ4n) is 2.13. The zero-order chi connectivity index (χ0) is 14.7. The Morgan fingerprint density at radius 1 is 1.42 bits per heavy atom. The number of unbranched alkanes of at least 4 members (excludes halogenated alkanes) is 1. The number of aliphatic imine (C=N–C) groups is 1. The van der Waals surface area contributed by atoms with Crippen LogP contribution in [0.5, 0.6) is 0 Å². The van der Waals surface area contributed by atoms with Crippen LogP contribution in [0.4, 0.5) is 0 Å². The van der Waals surface area contributed by atoms with E-state index in [4.69, 9.17) is 16.6 Å². The summed E-state index contributed by atoms with van der Waals surface area (Å²) in [6.45, 7) is 4.00. The first-order chi connectivity index (χ1) is 9.09. The van der Waals surface area contributed by atoms with Gasteiger partial charge in [0.15, 0.2) is 0 Å². The summed E-state index contributed by atoms with van der Waals surface area (Å²) in [4.78, 5) is 15.0. The Kier molecular flexibility index (Phi) is 10.2. The average Bonchev–Trinajstić information content (AvgIpc) is 2.61. The summed E-state index contributed by atoms with van der Waals surface area (Å²) in [6.07, 6.45) is 7.70. The maximum Gasteiger partial charge on any atom is 0.320 e. The van der Waals surface area contributed by atoms with Crippen molar-refractivity contribution in [3.05, 3.63) is 0 Å². The molecule has 0 amide bonds. The molecule has 0 aromatic heterocycles. The number of nitrogens with two attached hydrogens (primary N) is 2. The molecular formula is C14H29N3O2. The molecule has 0 aliphatic carbocycles. The highest BCUT2D eigenvalue weighted by molar-refractivity contribution is 5.80. The number of carboxylic acid groups (broad SMARTS) is 1. The first kappa shape index (κ1) is 17.9. The molecule has 0 aromatic rings. The van der Waals surface area contributed by atoms with Gasteiger partial charge in [0.25, 0.3) is 0 Å². The van der Waals surface area contributed by atoms with Crippen molar-refractivity contribution in [2.75, 3.05) is 0 Å². The summed E-state index contributed by atoms with van der Waals surface area (Å²) in [5.41, 5.74) is 11.2. The van der Waals surface area contributed by atoms with Crippen LogP contribution < -0.4 is 11.5 Å². The van der Waals surface area contributed by atoms with Crippen LogP contribution in [0.2, 0.25) is 0 Å². The van der Waals surface area contributed by atoms with Gasteiger partial charge in [-0.3, -0.25) is 9.79 Å². The van der Waals surface area contributed by atoms with E-state index in [1.807, 2.05) is 13.8 Å². The topological polar surface area (TPSA) is 102 Å². The van der Waals surface area contributed by atoms with Crippen LogP contribution >= 0.6 is 0 Å². The minimum Gasteiger partial charge on any atom is -0.480 e. The van der Waals surface area contributed by atoms with Gasteiger partial charge in [-0.25, -0.2) is 0 Å². The Hall–Kier alpha value is -1.10. The van der Waals surface area contributed by atoms with Gasteiger partial charge in [0.2, 0.25) is 0 Å². The maximum absolute atomic E-state index is 10.5. The zero-order valence-corrected chi connectivity index (χ0v) is 12.3. The fourth-order valence-corrected chi connectivity index (χ4v) is 2.13. The Morgan fingerprint density at radius 2 is 2.11 bits per heavy atom. The van der Waals surface area contributed by atoms with Crippen molar-refractivity contribution in [2.24, 2.45) is 16.5 Å². The number of rotatable bonds is 6. The minimum absolute atomic E-state index is 0.332. The van der Waals surface area contributed by atoms with Gasteiger partial charge < -0.3 is 16.6 Å². The second-order valence-corrected chi connectivity index (χ2v) is 4.75. The molecule has 5 N–H and O–H groups in total. The lowest BCUT2D eigenvalue weighted by atomic mass is 10.0. The number of carboxylic acids is 1.